The van der Waals surface area contributed by atoms with Gasteiger partial charge in [0.2, 0.25) is 5.91 Å². The van der Waals surface area contributed by atoms with Crippen LogP contribution in [-0.4, -0.2) is 25.1 Å². The highest BCUT2D eigenvalue weighted by Gasteiger charge is 2.08. The second-order valence-corrected chi connectivity index (χ2v) is 5.69. The van der Waals surface area contributed by atoms with E-state index in [0.29, 0.717) is 30.2 Å². The van der Waals surface area contributed by atoms with E-state index < -0.39 is 5.91 Å². The lowest BCUT2D eigenvalue weighted by Crippen LogP contribution is -2.30. The Bertz CT molecular complexity index is 735. The van der Waals surface area contributed by atoms with Gasteiger partial charge in [0.25, 0.3) is 0 Å². The molecule has 26 heavy (non-hydrogen) atoms. The van der Waals surface area contributed by atoms with E-state index >= 15 is 0 Å². The van der Waals surface area contributed by atoms with Gasteiger partial charge in [-0.25, -0.2) is 9.18 Å². The molecular weight excluding hydrogens is 337 g/mol. The molecule has 0 aliphatic heterocycles. The van der Waals surface area contributed by atoms with E-state index in [0.717, 1.165) is 12.8 Å². The van der Waals surface area contributed by atoms with Gasteiger partial charge in [-0.2, -0.15) is 0 Å². The van der Waals surface area contributed by atoms with Crippen molar-refractivity contribution in [1.29, 1.82) is 0 Å². The number of halogens is 1. The van der Waals surface area contributed by atoms with Crippen LogP contribution in [0.15, 0.2) is 48.5 Å². The van der Waals surface area contributed by atoms with Crippen LogP contribution in [0.3, 0.4) is 0 Å². The predicted octanol–water partition coefficient (Wildman–Crippen LogP) is 2.83. The molecule has 0 bridgehead atoms. The van der Waals surface area contributed by atoms with Crippen molar-refractivity contribution in [2.75, 3.05) is 18.5 Å². The molecule has 6 nitrogen and oxygen atoms in total. The maximum atomic E-state index is 12.8. The Kier molecular flexibility index (Phi) is 7.42. The lowest BCUT2D eigenvalue weighted by atomic mass is 10.1. The largest absolute Gasteiger partial charge is 0.494 e. The van der Waals surface area contributed by atoms with E-state index in [4.69, 9.17) is 10.5 Å². The normalized spacial score (nSPS) is 10.2. The second kappa shape index (κ2) is 10.0. The number of primary amides is 1. The third-order valence-electron chi connectivity index (χ3n) is 3.57. The first-order chi connectivity index (χ1) is 12.5. The Morgan fingerprint density at radius 2 is 1.77 bits per heavy atom. The highest BCUT2D eigenvalue weighted by molar-refractivity contribution is 5.91. The van der Waals surface area contributed by atoms with Gasteiger partial charge >= 0.3 is 6.03 Å². The maximum absolute atomic E-state index is 12.8. The van der Waals surface area contributed by atoms with Crippen molar-refractivity contribution in [3.8, 4) is 5.75 Å². The Balaban J connectivity index is 1.65. The van der Waals surface area contributed by atoms with E-state index in [2.05, 4.69) is 10.6 Å². The van der Waals surface area contributed by atoms with E-state index in [1.165, 1.54) is 12.1 Å². The molecule has 2 rings (SSSR count). The highest BCUT2D eigenvalue weighted by atomic mass is 19.1. The predicted molar refractivity (Wildman–Crippen MR) is 97.5 cm³/mol. The van der Waals surface area contributed by atoms with Gasteiger partial charge < -0.3 is 21.1 Å². The maximum Gasteiger partial charge on any atom is 0.319 e. The molecule has 0 spiro atoms. The molecule has 0 heterocycles. The smallest absolute Gasteiger partial charge is 0.319 e. The number of nitrogens with two attached hydrogens (primary N) is 1. The molecule has 0 aliphatic rings. The summed E-state index contributed by atoms with van der Waals surface area (Å²) in [4.78, 5) is 23.0. The van der Waals surface area contributed by atoms with Gasteiger partial charge in [-0.3, -0.25) is 4.79 Å². The van der Waals surface area contributed by atoms with Crippen LogP contribution in [0.4, 0.5) is 14.9 Å². The fourth-order valence-electron chi connectivity index (χ4n) is 2.30. The molecule has 0 aliphatic carbocycles. The Morgan fingerprint density at radius 3 is 2.50 bits per heavy atom. The Morgan fingerprint density at radius 1 is 1.04 bits per heavy atom. The average Bonchev–Trinajstić information content (AvgIpc) is 2.61. The quantitative estimate of drug-likeness (QED) is 0.601. The molecule has 0 atom stereocenters. The van der Waals surface area contributed by atoms with Crippen molar-refractivity contribution in [3.63, 3.8) is 0 Å². The number of benzene rings is 2. The number of carbonyl (C=O) groups excluding carboxylic acids is 2. The minimum absolute atomic E-state index is 0.0666. The number of hydrogen-bond acceptors (Lipinski definition) is 3. The molecule has 0 aromatic heterocycles. The minimum atomic E-state index is -0.458. The Labute approximate surface area is 151 Å². The van der Waals surface area contributed by atoms with E-state index in [1.54, 1.807) is 36.4 Å². The molecule has 2 aromatic carbocycles. The third-order valence-corrected chi connectivity index (χ3v) is 3.57. The first-order valence-electron chi connectivity index (χ1n) is 8.34. The topological polar surface area (TPSA) is 93.5 Å². The molecule has 4 N–H and O–H groups in total. The lowest BCUT2D eigenvalue weighted by molar-refractivity contribution is -0.117. The molecule has 138 valence electrons. The zero-order valence-electron chi connectivity index (χ0n) is 14.3. The molecule has 2 aromatic rings. The van der Waals surface area contributed by atoms with Crippen LogP contribution in [0.25, 0.3) is 0 Å². The van der Waals surface area contributed by atoms with Gasteiger partial charge in [-0.1, -0.05) is 18.2 Å². The molecule has 7 heteroatoms. The van der Waals surface area contributed by atoms with Gasteiger partial charge in [-0.15, -0.1) is 0 Å². The van der Waals surface area contributed by atoms with Gasteiger partial charge in [0, 0.05) is 12.2 Å². The molecule has 0 saturated heterocycles. The summed E-state index contributed by atoms with van der Waals surface area (Å²) >= 11 is 0. The fourth-order valence-corrected chi connectivity index (χ4v) is 2.30. The number of ether oxygens (including phenoxy) is 1. The Hall–Kier alpha value is -3.09. The number of hydrogen-bond donors (Lipinski definition) is 3. The fraction of sp³-hybridized carbons (Fsp3) is 0.263. The average molecular weight is 359 g/mol. The van der Waals surface area contributed by atoms with Crippen LogP contribution in [-0.2, 0) is 11.2 Å². The number of anilines is 1. The number of carbonyl (C=O) groups is 2. The summed E-state index contributed by atoms with van der Waals surface area (Å²) in [5.74, 6) is -0.145. The molecule has 0 saturated carbocycles. The minimum Gasteiger partial charge on any atom is -0.494 e. The highest BCUT2D eigenvalue weighted by Crippen LogP contribution is 2.15. The van der Waals surface area contributed by atoms with E-state index in [1.807, 2.05) is 0 Å². The number of nitrogens with one attached hydrogen (secondary N) is 2. The van der Waals surface area contributed by atoms with Crippen LogP contribution >= 0.6 is 0 Å². The van der Waals surface area contributed by atoms with Crippen molar-refractivity contribution in [1.82, 2.24) is 5.32 Å². The van der Waals surface area contributed by atoms with Crippen molar-refractivity contribution in [3.05, 3.63) is 59.9 Å². The summed E-state index contributed by atoms with van der Waals surface area (Å²) in [6.45, 7) is 0.965. The SMILES string of the molecule is NC(=O)Cc1ccccc1NC(=O)NCCCCOc1ccc(F)cc1. The number of unbranched alkanes of at least 4 members (excludes halogenated alkanes) is 1. The molecule has 0 fully saturated rings. The van der Waals surface area contributed by atoms with Crippen LogP contribution in [0.1, 0.15) is 18.4 Å². The number of urea groups is 1. The lowest BCUT2D eigenvalue weighted by Gasteiger charge is -2.11. The third kappa shape index (κ3) is 6.80. The van der Waals surface area contributed by atoms with Crippen molar-refractivity contribution >= 4 is 17.6 Å². The van der Waals surface area contributed by atoms with Gasteiger partial charge in [-0.05, 0) is 48.7 Å². The van der Waals surface area contributed by atoms with E-state index in [9.17, 15) is 14.0 Å². The first-order valence-corrected chi connectivity index (χ1v) is 8.34. The van der Waals surface area contributed by atoms with Crippen molar-refractivity contribution < 1.29 is 18.7 Å². The molecule has 3 amide bonds. The summed E-state index contributed by atoms with van der Waals surface area (Å²) in [6, 6.07) is 12.5. The molecule has 0 unspecified atom stereocenters. The molecule has 0 radical (unpaired) electrons. The zero-order valence-corrected chi connectivity index (χ0v) is 14.3. The monoisotopic (exact) mass is 359 g/mol. The number of para-hydroxylation sites is 1. The number of rotatable bonds is 9. The van der Waals surface area contributed by atoms with Gasteiger partial charge in [0.15, 0.2) is 0 Å². The second-order valence-electron chi connectivity index (χ2n) is 5.69. The van der Waals surface area contributed by atoms with Crippen LogP contribution in [0, 0.1) is 5.82 Å². The van der Waals surface area contributed by atoms with Gasteiger partial charge in [0.1, 0.15) is 11.6 Å². The van der Waals surface area contributed by atoms with Crippen LogP contribution < -0.4 is 21.1 Å². The standard InChI is InChI=1S/C19H22FN3O3/c20-15-7-9-16(10-8-15)26-12-4-3-11-22-19(25)23-17-6-2-1-5-14(17)13-18(21)24/h1-2,5-10H,3-4,11-13H2,(H2,21,24)(H2,22,23,25). The van der Waals surface area contributed by atoms with Gasteiger partial charge in [0.05, 0.1) is 13.0 Å². The summed E-state index contributed by atoms with van der Waals surface area (Å²) in [6.07, 6.45) is 1.55. The summed E-state index contributed by atoms with van der Waals surface area (Å²) < 4.78 is 18.2. The summed E-state index contributed by atoms with van der Waals surface area (Å²) in [5, 5.41) is 5.46. The van der Waals surface area contributed by atoms with Crippen LogP contribution in [0.2, 0.25) is 0 Å². The van der Waals surface area contributed by atoms with Crippen LogP contribution in [0.5, 0.6) is 5.75 Å². The summed E-state index contributed by atoms with van der Waals surface area (Å²) in [7, 11) is 0. The first kappa shape index (κ1) is 19.2. The number of amides is 3. The molecular formula is C19H22FN3O3. The van der Waals surface area contributed by atoms with Crippen molar-refractivity contribution in [2.24, 2.45) is 5.73 Å². The van der Waals surface area contributed by atoms with Crippen molar-refractivity contribution in [2.45, 2.75) is 19.3 Å². The summed E-state index contributed by atoms with van der Waals surface area (Å²) in [5.41, 5.74) is 6.43. The zero-order chi connectivity index (χ0) is 18.8. The van der Waals surface area contributed by atoms with E-state index in [-0.39, 0.29) is 18.3 Å².